The highest BCUT2D eigenvalue weighted by Crippen LogP contribution is 2.12. The van der Waals surface area contributed by atoms with Crippen LogP contribution in [0, 0.1) is 0 Å². The zero-order chi connectivity index (χ0) is 8.81. The van der Waals surface area contributed by atoms with Crippen LogP contribution in [-0.4, -0.2) is 19.7 Å². The number of rotatable bonds is 3. The summed E-state index contributed by atoms with van der Waals surface area (Å²) < 4.78 is 5.41. The molecule has 1 heterocycles. The largest absolute Gasteiger partial charge is 0.494 e. The molecule has 0 fully saturated rings. The lowest BCUT2D eigenvalue weighted by atomic mass is 10.1. The van der Waals surface area contributed by atoms with E-state index < -0.39 is 0 Å². The van der Waals surface area contributed by atoms with Crippen LogP contribution in [0.4, 0.5) is 0 Å². The number of hydrogen-bond acceptors (Lipinski definition) is 2. The van der Waals surface area contributed by atoms with Crippen LogP contribution in [0.1, 0.15) is 19.8 Å². The molecule has 0 amide bonds. The van der Waals surface area contributed by atoms with Crippen LogP contribution in [0.2, 0.25) is 0 Å². The van der Waals surface area contributed by atoms with E-state index in [-0.39, 0.29) is 0 Å². The molecular formula is C10H17NO. The molecule has 1 aliphatic heterocycles. The lowest BCUT2D eigenvalue weighted by Gasteiger charge is -2.16. The number of nitrogens with one attached hydrogen (secondary N) is 1. The van der Waals surface area contributed by atoms with Gasteiger partial charge in [0, 0.05) is 6.54 Å². The quantitative estimate of drug-likeness (QED) is 0.648. The van der Waals surface area contributed by atoms with Crippen LogP contribution in [0.15, 0.2) is 24.0 Å². The predicted molar refractivity (Wildman–Crippen MR) is 50.9 cm³/mol. The Kier molecular flexibility index (Phi) is 3.88. The van der Waals surface area contributed by atoms with Crippen LogP contribution in [0.3, 0.4) is 0 Å². The molecule has 0 aromatic carbocycles. The molecule has 0 bridgehead atoms. The fourth-order valence-corrected chi connectivity index (χ4v) is 1.33. The molecule has 1 atom stereocenters. The third kappa shape index (κ3) is 3.09. The van der Waals surface area contributed by atoms with Crippen molar-refractivity contribution in [2.45, 2.75) is 25.9 Å². The van der Waals surface area contributed by atoms with Crippen molar-refractivity contribution in [2.24, 2.45) is 0 Å². The van der Waals surface area contributed by atoms with Gasteiger partial charge in [-0.2, -0.15) is 0 Å². The summed E-state index contributed by atoms with van der Waals surface area (Å²) in [5.74, 6) is 0. The highest BCUT2D eigenvalue weighted by atomic mass is 16.5. The van der Waals surface area contributed by atoms with Gasteiger partial charge < -0.3 is 10.1 Å². The third-order valence-corrected chi connectivity index (χ3v) is 1.89. The maximum atomic E-state index is 5.41. The first-order chi connectivity index (χ1) is 5.83. The molecule has 12 heavy (non-hydrogen) atoms. The summed E-state index contributed by atoms with van der Waals surface area (Å²) in [6.45, 7) is 3.07. The van der Waals surface area contributed by atoms with E-state index in [9.17, 15) is 0 Å². The van der Waals surface area contributed by atoms with Crippen molar-refractivity contribution in [3.05, 3.63) is 24.0 Å². The monoisotopic (exact) mass is 167 g/mol. The van der Waals surface area contributed by atoms with Gasteiger partial charge >= 0.3 is 0 Å². The molecule has 1 N–H and O–H groups in total. The number of ether oxygens (including phenoxy) is 1. The average Bonchev–Trinajstić information content (AvgIpc) is 2.06. The van der Waals surface area contributed by atoms with Gasteiger partial charge in [-0.25, -0.2) is 0 Å². The highest BCUT2D eigenvalue weighted by Gasteiger charge is 2.06. The minimum atomic E-state index is 0.295. The summed E-state index contributed by atoms with van der Waals surface area (Å²) in [5.41, 5.74) is 1.35. The molecule has 2 heteroatoms. The number of likely N-dealkylation sites (N-methyl/N-ethyl adjacent to an activating group) is 1. The number of hydrogen-bond donors (Lipinski definition) is 1. The van der Waals surface area contributed by atoms with Gasteiger partial charge in [-0.1, -0.05) is 5.57 Å². The molecular weight excluding hydrogens is 150 g/mol. The molecule has 0 aromatic heterocycles. The van der Waals surface area contributed by atoms with Crippen molar-refractivity contribution in [3.63, 3.8) is 0 Å². The van der Waals surface area contributed by atoms with E-state index in [1.807, 2.05) is 7.05 Å². The van der Waals surface area contributed by atoms with E-state index in [0.717, 1.165) is 19.4 Å². The molecule has 1 rings (SSSR count). The Morgan fingerprint density at radius 2 is 2.58 bits per heavy atom. The van der Waals surface area contributed by atoms with Gasteiger partial charge in [-0.05, 0) is 39.0 Å². The Labute approximate surface area is 74.3 Å². The topological polar surface area (TPSA) is 21.3 Å². The normalized spacial score (nSPS) is 23.8. The van der Waals surface area contributed by atoms with Crippen molar-refractivity contribution in [1.82, 2.24) is 5.32 Å². The molecule has 1 unspecified atom stereocenters. The highest BCUT2D eigenvalue weighted by molar-refractivity contribution is 5.05. The molecule has 68 valence electrons. The van der Waals surface area contributed by atoms with Crippen molar-refractivity contribution in [2.75, 3.05) is 13.6 Å². The van der Waals surface area contributed by atoms with Gasteiger partial charge in [0.25, 0.3) is 0 Å². The maximum Gasteiger partial charge on any atom is 0.116 e. The number of allylic oxidation sites excluding steroid dienone is 1. The second-order valence-corrected chi connectivity index (χ2v) is 3.17. The molecule has 0 saturated carbocycles. The van der Waals surface area contributed by atoms with Crippen molar-refractivity contribution >= 4 is 0 Å². The first-order valence-electron chi connectivity index (χ1n) is 4.45. The Morgan fingerprint density at radius 1 is 1.75 bits per heavy atom. The summed E-state index contributed by atoms with van der Waals surface area (Å²) in [5, 5.41) is 3.12. The van der Waals surface area contributed by atoms with E-state index in [2.05, 4.69) is 24.4 Å². The second kappa shape index (κ2) is 4.99. The first-order valence-corrected chi connectivity index (χ1v) is 4.45. The smallest absolute Gasteiger partial charge is 0.116 e. The molecule has 0 aliphatic carbocycles. The molecule has 0 saturated heterocycles. The van der Waals surface area contributed by atoms with Gasteiger partial charge in [0.05, 0.1) is 6.26 Å². The van der Waals surface area contributed by atoms with Gasteiger partial charge in [0.2, 0.25) is 0 Å². The van der Waals surface area contributed by atoms with E-state index in [1.165, 1.54) is 5.57 Å². The van der Waals surface area contributed by atoms with Crippen LogP contribution < -0.4 is 5.32 Å². The molecule has 0 radical (unpaired) electrons. The zero-order valence-electron chi connectivity index (χ0n) is 7.84. The SMILES string of the molecule is CNC/C(C)=C/C1CCC=CO1. The standard InChI is InChI=1S/C10H17NO/c1-9(8-11-2)7-10-5-3-4-6-12-10/h4,6-7,10-11H,3,5,8H2,1-2H3/b9-7+. The Hall–Kier alpha value is -0.760. The average molecular weight is 167 g/mol. The lowest BCUT2D eigenvalue weighted by molar-refractivity contribution is 0.164. The fraction of sp³-hybridized carbons (Fsp3) is 0.600. The Bertz CT molecular complexity index is 184. The second-order valence-electron chi connectivity index (χ2n) is 3.17. The summed E-state index contributed by atoms with van der Waals surface area (Å²) in [6.07, 6.45) is 8.60. The van der Waals surface area contributed by atoms with Crippen LogP contribution >= 0.6 is 0 Å². The van der Waals surface area contributed by atoms with E-state index >= 15 is 0 Å². The van der Waals surface area contributed by atoms with E-state index in [0.29, 0.717) is 6.10 Å². The minimum absolute atomic E-state index is 0.295. The molecule has 1 aliphatic rings. The Balaban J connectivity index is 2.37. The van der Waals surface area contributed by atoms with Crippen molar-refractivity contribution in [1.29, 1.82) is 0 Å². The molecule has 0 aromatic rings. The van der Waals surface area contributed by atoms with Crippen molar-refractivity contribution in [3.8, 4) is 0 Å². The maximum absolute atomic E-state index is 5.41. The van der Waals surface area contributed by atoms with E-state index in [4.69, 9.17) is 4.74 Å². The van der Waals surface area contributed by atoms with Gasteiger partial charge in [0.1, 0.15) is 6.10 Å². The molecule has 0 spiro atoms. The summed E-state index contributed by atoms with van der Waals surface area (Å²) in [7, 11) is 1.96. The Morgan fingerprint density at radius 3 is 3.17 bits per heavy atom. The third-order valence-electron chi connectivity index (χ3n) is 1.89. The van der Waals surface area contributed by atoms with Gasteiger partial charge in [0.15, 0.2) is 0 Å². The lowest BCUT2D eigenvalue weighted by Crippen LogP contribution is -2.14. The van der Waals surface area contributed by atoms with E-state index in [1.54, 1.807) is 6.26 Å². The van der Waals surface area contributed by atoms with Crippen molar-refractivity contribution < 1.29 is 4.74 Å². The van der Waals surface area contributed by atoms with Crippen LogP contribution in [0.25, 0.3) is 0 Å². The van der Waals surface area contributed by atoms with Crippen LogP contribution in [0.5, 0.6) is 0 Å². The zero-order valence-corrected chi connectivity index (χ0v) is 7.84. The van der Waals surface area contributed by atoms with Gasteiger partial charge in [-0.15, -0.1) is 0 Å². The van der Waals surface area contributed by atoms with Gasteiger partial charge in [-0.3, -0.25) is 0 Å². The fourth-order valence-electron chi connectivity index (χ4n) is 1.33. The molecule has 2 nitrogen and oxygen atoms in total. The predicted octanol–water partition coefficient (Wildman–Crippen LogP) is 1.84. The van der Waals surface area contributed by atoms with Crippen LogP contribution in [-0.2, 0) is 4.74 Å². The first kappa shape index (κ1) is 9.33. The minimum Gasteiger partial charge on any atom is -0.494 e. The summed E-state index contributed by atoms with van der Waals surface area (Å²) in [6, 6.07) is 0. The summed E-state index contributed by atoms with van der Waals surface area (Å²) >= 11 is 0. The summed E-state index contributed by atoms with van der Waals surface area (Å²) in [4.78, 5) is 0.